The van der Waals surface area contributed by atoms with Crippen LogP contribution in [-0.2, 0) is 11.3 Å². The molecular weight excluding hydrogens is 406 g/mol. The standard InChI is InChI=1S/C24H23N5O3/c30-23-18(13-20(27-28-23)16-6-8-25-9-7-16)21-12-17-11-15(4-5-19(17)26-21)14-29-10-2-1-3-22(29)24(31)32/h4-9,11-13,22,26H,1-3,10,14H2,(H,28,30)(H,31,32)/t22-/m0/s1. The number of pyridine rings is 1. The summed E-state index contributed by atoms with van der Waals surface area (Å²) in [5.74, 6) is -0.753. The Morgan fingerprint density at radius 3 is 2.78 bits per heavy atom. The highest BCUT2D eigenvalue weighted by Crippen LogP contribution is 2.27. The average molecular weight is 429 g/mol. The van der Waals surface area contributed by atoms with Gasteiger partial charge in [-0.25, -0.2) is 5.10 Å². The minimum Gasteiger partial charge on any atom is -0.480 e. The maximum atomic E-state index is 12.5. The molecule has 0 aliphatic carbocycles. The molecule has 3 N–H and O–H groups in total. The topological polar surface area (TPSA) is 115 Å². The quantitative estimate of drug-likeness (QED) is 0.448. The van der Waals surface area contributed by atoms with Crippen LogP contribution in [0, 0.1) is 0 Å². The van der Waals surface area contributed by atoms with Crippen LogP contribution in [0.4, 0.5) is 0 Å². The number of nitrogens with zero attached hydrogens (tertiary/aromatic N) is 3. The Hall–Kier alpha value is -3.78. The minimum absolute atomic E-state index is 0.271. The van der Waals surface area contributed by atoms with Crippen LogP contribution in [0.1, 0.15) is 24.8 Å². The van der Waals surface area contributed by atoms with E-state index in [1.54, 1.807) is 18.5 Å². The summed E-state index contributed by atoms with van der Waals surface area (Å²) in [6, 6.07) is 13.0. The predicted molar refractivity (Wildman–Crippen MR) is 121 cm³/mol. The molecule has 0 radical (unpaired) electrons. The second kappa shape index (κ2) is 8.39. The van der Waals surface area contributed by atoms with Crippen molar-refractivity contribution in [3.63, 3.8) is 0 Å². The van der Waals surface area contributed by atoms with Crippen LogP contribution in [0.25, 0.3) is 33.4 Å². The van der Waals surface area contributed by atoms with Gasteiger partial charge in [0.15, 0.2) is 0 Å². The first kappa shape index (κ1) is 20.1. The molecule has 4 aromatic rings. The molecule has 0 unspecified atom stereocenters. The van der Waals surface area contributed by atoms with Crippen molar-refractivity contribution in [3.8, 4) is 22.5 Å². The Kier molecular flexibility index (Phi) is 5.28. The molecule has 0 amide bonds. The maximum absolute atomic E-state index is 12.5. The summed E-state index contributed by atoms with van der Waals surface area (Å²) in [7, 11) is 0. The molecule has 1 saturated heterocycles. The molecule has 162 valence electrons. The first-order valence-electron chi connectivity index (χ1n) is 10.7. The maximum Gasteiger partial charge on any atom is 0.320 e. The van der Waals surface area contributed by atoms with Gasteiger partial charge < -0.3 is 10.1 Å². The third-order valence-corrected chi connectivity index (χ3v) is 6.04. The number of benzene rings is 1. The first-order valence-corrected chi connectivity index (χ1v) is 10.7. The highest BCUT2D eigenvalue weighted by atomic mass is 16.4. The van der Waals surface area contributed by atoms with Gasteiger partial charge in [0.25, 0.3) is 5.56 Å². The molecule has 0 bridgehead atoms. The number of rotatable bonds is 5. The molecule has 8 heteroatoms. The summed E-state index contributed by atoms with van der Waals surface area (Å²) < 4.78 is 0. The van der Waals surface area contributed by atoms with Crippen molar-refractivity contribution < 1.29 is 9.90 Å². The van der Waals surface area contributed by atoms with Gasteiger partial charge in [0.05, 0.1) is 17.0 Å². The van der Waals surface area contributed by atoms with E-state index in [0.29, 0.717) is 29.9 Å². The normalized spacial score (nSPS) is 16.9. The first-order chi connectivity index (χ1) is 15.6. The van der Waals surface area contributed by atoms with Crippen molar-refractivity contribution in [2.75, 3.05) is 6.54 Å². The number of piperidine rings is 1. The van der Waals surface area contributed by atoms with Crippen LogP contribution in [0.15, 0.2) is 59.7 Å². The molecule has 3 aromatic heterocycles. The van der Waals surface area contributed by atoms with Crippen LogP contribution in [0.5, 0.6) is 0 Å². The zero-order chi connectivity index (χ0) is 22.1. The van der Waals surface area contributed by atoms with E-state index >= 15 is 0 Å². The minimum atomic E-state index is -0.753. The Bertz CT molecular complexity index is 1330. The second-order valence-electron chi connectivity index (χ2n) is 8.16. The van der Waals surface area contributed by atoms with Gasteiger partial charge in [0.2, 0.25) is 0 Å². The number of carbonyl (C=O) groups is 1. The number of likely N-dealkylation sites (tertiary alicyclic amines) is 1. The Labute approximate surface area is 183 Å². The van der Waals surface area contributed by atoms with Crippen molar-refractivity contribution in [2.45, 2.75) is 31.8 Å². The molecule has 32 heavy (non-hydrogen) atoms. The Morgan fingerprint density at radius 2 is 1.97 bits per heavy atom. The molecule has 1 aliphatic rings. The molecule has 0 spiro atoms. The van der Waals surface area contributed by atoms with E-state index in [1.807, 2.05) is 35.2 Å². The SMILES string of the molecule is O=C(O)[C@@H]1CCCCN1Cc1ccc2[nH]c(-c3cc(-c4ccncc4)n[nH]c3=O)cc2c1. The number of aliphatic carboxylic acids is 1. The van der Waals surface area contributed by atoms with E-state index in [2.05, 4.69) is 26.2 Å². The van der Waals surface area contributed by atoms with E-state index in [1.165, 1.54) is 0 Å². The summed E-state index contributed by atoms with van der Waals surface area (Å²) in [6.45, 7) is 1.38. The molecule has 4 heterocycles. The molecule has 1 aliphatic heterocycles. The van der Waals surface area contributed by atoms with Gasteiger partial charge in [-0.3, -0.25) is 19.5 Å². The van der Waals surface area contributed by atoms with Gasteiger partial charge in [-0.05, 0) is 61.3 Å². The fraction of sp³-hybridized carbons (Fsp3) is 0.250. The number of hydrogen-bond donors (Lipinski definition) is 3. The average Bonchev–Trinajstić information content (AvgIpc) is 3.23. The number of aromatic nitrogens is 4. The number of carboxylic acid groups (broad SMARTS) is 1. The van der Waals surface area contributed by atoms with E-state index in [-0.39, 0.29) is 5.56 Å². The zero-order valence-corrected chi connectivity index (χ0v) is 17.4. The molecule has 1 aromatic carbocycles. The van der Waals surface area contributed by atoms with Gasteiger partial charge in [0, 0.05) is 35.4 Å². The van der Waals surface area contributed by atoms with E-state index in [0.717, 1.165) is 41.4 Å². The summed E-state index contributed by atoms with van der Waals surface area (Å²) >= 11 is 0. The fourth-order valence-corrected chi connectivity index (χ4v) is 4.40. The third-order valence-electron chi connectivity index (χ3n) is 6.04. The van der Waals surface area contributed by atoms with Gasteiger partial charge >= 0.3 is 5.97 Å². The lowest BCUT2D eigenvalue weighted by Gasteiger charge is -2.32. The largest absolute Gasteiger partial charge is 0.480 e. The number of fused-ring (bicyclic) bond motifs is 1. The second-order valence-corrected chi connectivity index (χ2v) is 8.16. The Morgan fingerprint density at radius 1 is 1.12 bits per heavy atom. The van der Waals surface area contributed by atoms with E-state index < -0.39 is 12.0 Å². The van der Waals surface area contributed by atoms with Gasteiger partial charge in [-0.1, -0.05) is 12.5 Å². The monoisotopic (exact) mass is 429 g/mol. The third kappa shape index (κ3) is 3.92. The van der Waals surface area contributed by atoms with Crippen LogP contribution in [-0.4, -0.2) is 48.7 Å². The van der Waals surface area contributed by atoms with Crippen molar-refractivity contribution in [3.05, 3.63) is 70.8 Å². The molecular formula is C24H23N5O3. The summed E-state index contributed by atoms with van der Waals surface area (Å²) in [4.78, 5) is 33.5. The molecule has 0 saturated carbocycles. The Balaban J connectivity index is 1.46. The number of H-pyrrole nitrogens is 2. The van der Waals surface area contributed by atoms with Gasteiger partial charge in [-0.15, -0.1) is 0 Å². The smallest absolute Gasteiger partial charge is 0.320 e. The fourth-order valence-electron chi connectivity index (χ4n) is 4.40. The number of hydrogen-bond acceptors (Lipinski definition) is 5. The summed E-state index contributed by atoms with van der Waals surface area (Å²) in [5.41, 5.74) is 4.43. The van der Waals surface area contributed by atoms with Crippen LogP contribution in [0.3, 0.4) is 0 Å². The van der Waals surface area contributed by atoms with Crippen LogP contribution in [0.2, 0.25) is 0 Å². The van der Waals surface area contributed by atoms with Crippen molar-refractivity contribution in [1.29, 1.82) is 0 Å². The summed E-state index contributed by atoms with van der Waals surface area (Å²) in [5, 5.41) is 17.2. The molecule has 8 nitrogen and oxygen atoms in total. The van der Waals surface area contributed by atoms with Crippen molar-refractivity contribution in [1.82, 2.24) is 25.1 Å². The number of aromatic amines is 2. The van der Waals surface area contributed by atoms with E-state index in [4.69, 9.17) is 0 Å². The van der Waals surface area contributed by atoms with Crippen LogP contribution < -0.4 is 5.56 Å². The number of carboxylic acids is 1. The predicted octanol–water partition coefficient (Wildman–Crippen LogP) is 3.42. The van der Waals surface area contributed by atoms with Crippen LogP contribution >= 0.6 is 0 Å². The lowest BCUT2D eigenvalue weighted by atomic mass is 10.0. The lowest BCUT2D eigenvalue weighted by Crippen LogP contribution is -2.43. The van der Waals surface area contributed by atoms with Gasteiger partial charge in [0.1, 0.15) is 6.04 Å². The van der Waals surface area contributed by atoms with E-state index in [9.17, 15) is 14.7 Å². The lowest BCUT2D eigenvalue weighted by molar-refractivity contribution is -0.144. The van der Waals surface area contributed by atoms with Gasteiger partial charge in [-0.2, -0.15) is 5.10 Å². The molecule has 1 atom stereocenters. The van der Waals surface area contributed by atoms with Crippen molar-refractivity contribution >= 4 is 16.9 Å². The summed E-state index contributed by atoms with van der Waals surface area (Å²) in [6.07, 6.45) is 6.03. The van der Waals surface area contributed by atoms with Crippen molar-refractivity contribution in [2.24, 2.45) is 0 Å². The highest BCUT2D eigenvalue weighted by molar-refractivity contribution is 5.86. The number of nitrogens with one attached hydrogen (secondary N) is 2. The highest BCUT2D eigenvalue weighted by Gasteiger charge is 2.28. The molecule has 5 rings (SSSR count). The zero-order valence-electron chi connectivity index (χ0n) is 17.4. The molecule has 1 fully saturated rings.